The molecule has 0 spiro atoms. The first-order valence-corrected chi connectivity index (χ1v) is 4.89. The summed E-state index contributed by atoms with van der Waals surface area (Å²) in [5.74, 6) is 0.0486. The van der Waals surface area contributed by atoms with E-state index in [2.05, 4.69) is 0 Å². The highest BCUT2D eigenvalue weighted by Gasteiger charge is 2.21. The van der Waals surface area contributed by atoms with Crippen molar-refractivity contribution in [2.75, 3.05) is 27.2 Å². The second-order valence-corrected chi connectivity index (χ2v) is 3.81. The lowest BCUT2D eigenvalue weighted by atomic mass is 10.1. The van der Waals surface area contributed by atoms with Gasteiger partial charge in [0.05, 0.1) is 0 Å². The molecule has 0 saturated carbocycles. The Kier molecular flexibility index (Phi) is 3.71. The maximum absolute atomic E-state index is 11.6. The smallest absolute Gasteiger partial charge is 0.407 e. The van der Waals surface area contributed by atoms with Crippen LogP contribution >= 0.6 is 0 Å². The average Bonchev–Trinajstić information content (AvgIpc) is 2.29. The van der Waals surface area contributed by atoms with Gasteiger partial charge in [0.15, 0.2) is 5.78 Å². The molecule has 1 fully saturated rings. The Balaban J connectivity index is 2.72. The summed E-state index contributed by atoms with van der Waals surface area (Å²) >= 11 is 0. The molecule has 1 amide bonds. The van der Waals surface area contributed by atoms with Crippen LogP contribution in [0.3, 0.4) is 0 Å². The number of carboxylic acid groups (broad SMARTS) is 1. The quantitative estimate of drug-likeness (QED) is 0.652. The molecule has 1 rings (SSSR count). The van der Waals surface area contributed by atoms with Crippen molar-refractivity contribution in [3.05, 3.63) is 11.8 Å². The fourth-order valence-corrected chi connectivity index (χ4v) is 1.54. The van der Waals surface area contributed by atoms with E-state index in [1.54, 1.807) is 6.20 Å². The monoisotopic (exact) mass is 212 g/mol. The van der Waals surface area contributed by atoms with Gasteiger partial charge in [-0.25, -0.2) is 4.79 Å². The second kappa shape index (κ2) is 4.82. The van der Waals surface area contributed by atoms with Gasteiger partial charge in [-0.2, -0.15) is 0 Å². The Bertz CT molecular complexity index is 297. The van der Waals surface area contributed by atoms with E-state index in [0.29, 0.717) is 25.1 Å². The van der Waals surface area contributed by atoms with Gasteiger partial charge in [-0.3, -0.25) is 4.79 Å². The maximum atomic E-state index is 11.6. The van der Waals surface area contributed by atoms with Crippen LogP contribution in [0.15, 0.2) is 11.8 Å². The number of carbonyl (C=O) groups excluding carboxylic acids is 1. The Labute approximate surface area is 89.0 Å². The summed E-state index contributed by atoms with van der Waals surface area (Å²) < 4.78 is 0. The molecular weight excluding hydrogens is 196 g/mol. The molecule has 1 N–H and O–H groups in total. The minimum atomic E-state index is -0.950. The van der Waals surface area contributed by atoms with Crippen LogP contribution in [-0.2, 0) is 4.79 Å². The first kappa shape index (κ1) is 11.6. The molecular formula is C10H16N2O3. The van der Waals surface area contributed by atoms with Crippen LogP contribution in [-0.4, -0.2) is 54.0 Å². The van der Waals surface area contributed by atoms with Crippen molar-refractivity contribution in [1.29, 1.82) is 0 Å². The van der Waals surface area contributed by atoms with Crippen LogP contribution in [0.1, 0.15) is 12.8 Å². The predicted octanol–water partition coefficient (Wildman–Crippen LogP) is 0.775. The summed E-state index contributed by atoms with van der Waals surface area (Å²) in [6.45, 7) is 0.708. The van der Waals surface area contributed by atoms with E-state index in [1.165, 1.54) is 4.90 Å². The van der Waals surface area contributed by atoms with Gasteiger partial charge in [0.2, 0.25) is 0 Å². The lowest BCUT2D eigenvalue weighted by Gasteiger charge is -2.14. The lowest BCUT2D eigenvalue weighted by Crippen LogP contribution is -2.30. The number of amides is 1. The van der Waals surface area contributed by atoms with Crippen LogP contribution in [0, 0.1) is 0 Å². The zero-order valence-corrected chi connectivity index (χ0v) is 9.06. The number of Topliss-reactive ketones (excluding diaryl/α,β-unsaturated/α-hetero) is 1. The van der Waals surface area contributed by atoms with Gasteiger partial charge in [-0.15, -0.1) is 0 Å². The SMILES string of the molecule is CN(C)/C=C1\CCN(C(=O)O)CCC1=O. The molecule has 0 aromatic rings. The lowest BCUT2D eigenvalue weighted by molar-refractivity contribution is -0.115. The summed E-state index contributed by atoms with van der Waals surface area (Å²) in [7, 11) is 3.69. The summed E-state index contributed by atoms with van der Waals surface area (Å²) in [4.78, 5) is 25.4. The van der Waals surface area contributed by atoms with Gasteiger partial charge < -0.3 is 14.9 Å². The molecule has 0 aromatic heterocycles. The maximum Gasteiger partial charge on any atom is 0.407 e. The largest absolute Gasteiger partial charge is 0.465 e. The van der Waals surface area contributed by atoms with E-state index in [1.807, 2.05) is 19.0 Å². The Morgan fingerprint density at radius 3 is 2.53 bits per heavy atom. The molecule has 5 nitrogen and oxygen atoms in total. The van der Waals surface area contributed by atoms with E-state index in [9.17, 15) is 9.59 Å². The third kappa shape index (κ3) is 3.27. The van der Waals surface area contributed by atoms with Gasteiger partial charge in [0.25, 0.3) is 0 Å². The molecule has 0 unspecified atom stereocenters. The number of hydrogen-bond donors (Lipinski definition) is 1. The van der Waals surface area contributed by atoms with Gasteiger partial charge in [0, 0.05) is 45.4 Å². The molecule has 1 heterocycles. The highest BCUT2D eigenvalue weighted by molar-refractivity contribution is 5.95. The molecule has 0 radical (unpaired) electrons. The van der Waals surface area contributed by atoms with Crippen molar-refractivity contribution >= 4 is 11.9 Å². The topological polar surface area (TPSA) is 60.9 Å². The number of carbonyl (C=O) groups is 2. The van der Waals surface area contributed by atoms with Crippen LogP contribution < -0.4 is 0 Å². The van der Waals surface area contributed by atoms with Crippen molar-refractivity contribution < 1.29 is 14.7 Å². The van der Waals surface area contributed by atoms with Gasteiger partial charge in [0.1, 0.15) is 0 Å². The molecule has 5 heteroatoms. The van der Waals surface area contributed by atoms with Crippen LogP contribution in [0.2, 0.25) is 0 Å². The summed E-state index contributed by atoms with van der Waals surface area (Å²) in [5.41, 5.74) is 0.712. The third-order valence-corrected chi connectivity index (χ3v) is 2.30. The third-order valence-electron chi connectivity index (χ3n) is 2.30. The molecule has 1 aliphatic rings. The zero-order valence-electron chi connectivity index (χ0n) is 9.06. The number of hydrogen-bond acceptors (Lipinski definition) is 3. The van der Waals surface area contributed by atoms with E-state index < -0.39 is 6.09 Å². The number of nitrogens with zero attached hydrogens (tertiary/aromatic N) is 2. The van der Waals surface area contributed by atoms with E-state index in [-0.39, 0.29) is 12.2 Å². The highest BCUT2D eigenvalue weighted by Crippen LogP contribution is 2.13. The summed E-state index contributed by atoms with van der Waals surface area (Å²) in [5, 5.41) is 8.80. The van der Waals surface area contributed by atoms with Crippen molar-refractivity contribution in [1.82, 2.24) is 9.80 Å². The van der Waals surface area contributed by atoms with Crippen molar-refractivity contribution in [3.8, 4) is 0 Å². The number of rotatable bonds is 1. The molecule has 15 heavy (non-hydrogen) atoms. The average molecular weight is 212 g/mol. The minimum absolute atomic E-state index is 0.0486. The fraction of sp³-hybridized carbons (Fsp3) is 0.600. The summed E-state index contributed by atoms with van der Waals surface area (Å²) in [6, 6.07) is 0. The first-order chi connectivity index (χ1) is 7.00. The Hall–Kier alpha value is -1.52. The standard InChI is InChI=1S/C10H16N2O3/c1-11(2)7-8-3-5-12(10(14)15)6-4-9(8)13/h7H,3-6H2,1-2H3,(H,14,15)/b8-7+. The number of likely N-dealkylation sites (tertiary alicyclic amines) is 1. The normalized spacial score (nSPS) is 20.3. The molecule has 1 aliphatic heterocycles. The van der Waals surface area contributed by atoms with Crippen LogP contribution in [0.5, 0.6) is 0 Å². The highest BCUT2D eigenvalue weighted by atomic mass is 16.4. The predicted molar refractivity (Wildman–Crippen MR) is 55.6 cm³/mol. The van der Waals surface area contributed by atoms with E-state index in [4.69, 9.17) is 5.11 Å². The molecule has 0 aromatic carbocycles. The Morgan fingerprint density at radius 2 is 2.00 bits per heavy atom. The Morgan fingerprint density at radius 1 is 1.40 bits per heavy atom. The molecule has 0 aliphatic carbocycles. The van der Waals surface area contributed by atoms with Crippen LogP contribution in [0.25, 0.3) is 0 Å². The minimum Gasteiger partial charge on any atom is -0.465 e. The van der Waals surface area contributed by atoms with Gasteiger partial charge in [-0.05, 0) is 6.42 Å². The zero-order chi connectivity index (χ0) is 11.4. The molecule has 0 atom stereocenters. The van der Waals surface area contributed by atoms with Crippen molar-refractivity contribution in [2.24, 2.45) is 0 Å². The van der Waals surface area contributed by atoms with Crippen molar-refractivity contribution in [3.63, 3.8) is 0 Å². The number of ketones is 1. The van der Waals surface area contributed by atoms with Crippen LogP contribution in [0.4, 0.5) is 4.79 Å². The molecule has 0 bridgehead atoms. The van der Waals surface area contributed by atoms with E-state index in [0.717, 1.165) is 0 Å². The molecule has 1 saturated heterocycles. The van der Waals surface area contributed by atoms with Crippen molar-refractivity contribution in [2.45, 2.75) is 12.8 Å². The first-order valence-electron chi connectivity index (χ1n) is 4.89. The second-order valence-electron chi connectivity index (χ2n) is 3.81. The fourth-order valence-electron chi connectivity index (χ4n) is 1.54. The van der Waals surface area contributed by atoms with E-state index >= 15 is 0 Å². The molecule has 84 valence electrons. The van der Waals surface area contributed by atoms with Gasteiger partial charge in [-0.1, -0.05) is 0 Å². The van der Waals surface area contributed by atoms with Gasteiger partial charge >= 0.3 is 6.09 Å². The summed E-state index contributed by atoms with van der Waals surface area (Å²) in [6.07, 6.45) is 1.61.